The third-order valence-electron chi connectivity index (χ3n) is 1.24. The first-order chi connectivity index (χ1) is 5.46. The molecule has 0 bridgehead atoms. The van der Waals surface area contributed by atoms with Crippen LogP contribution in [0.25, 0.3) is 0 Å². The van der Waals surface area contributed by atoms with E-state index in [1.165, 1.54) is 0 Å². The first-order valence-electron chi connectivity index (χ1n) is 2.73. The van der Waals surface area contributed by atoms with E-state index in [4.69, 9.17) is 28.9 Å². The van der Waals surface area contributed by atoms with Gasteiger partial charge in [0.05, 0.1) is 29.2 Å². The summed E-state index contributed by atoms with van der Waals surface area (Å²) in [4.78, 5) is 0. The normalized spacial score (nSPS) is 10.4. The van der Waals surface area contributed by atoms with Crippen LogP contribution in [0.1, 0.15) is 0 Å². The number of nitrogens with two attached hydrogens (primary N) is 1. The Morgan fingerprint density at radius 2 is 1.17 bits per heavy atom. The second kappa shape index (κ2) is 4.05. The van der Waals surface area contributed by atoms with Gasteiger partial charge in [-0.25, -0.2) is 0 Å². The van der Waals surface area contributed by atoms with E-state index >= 15 is 0 Å². The zero-order valence-electron chi connectivity index (χ0n) is 5.47. The van der Waals surface area contributed by atoms with Gasteiger partial charge in [0, 0.05) is 0 Å². The van der Waals surface area contributed by atoms with Gasteiger partial charge >= 0.3 is 0 Å². The molecule has 0 saturated heterocycles. The maximum Gasteiger partial charge on any atom is 0.0726 e. The highest BCUT2D eigenvalue weighted by Crippen LogP contribution is 2.45. The fourth-order valence-corrected chi connectivity index (χ4v) is 3.05. The van der Waals surface area contributed by atoms with E-state index in [9.17, 15) is 0 Å². The molecule has 1 aromatic carbocycles. The fourth-order valence-electron chi connectivity index (χ4n) is 0.622. The van der Waals surface area contributed by atoms with Crippen molar-refractivity contribution in [3.63, 3.8) is 0 Å². The molecule has 1 rings (SSSR count). The summed E-state index contributed by atoms with van der Waals surface area (Å²) >= 11 is 21.5. The molecular weight excluding hydrogens is 397 g/mol. The summed E-state index contributed by atoms with van der Waals surface area (Å²) in [5.74, 6) is 0. The lowest BCUT2D eigenvalue weighted by Gasteiger charge is -2.08. The quantitative estimate of drug-likeness (QED) is 0.377. The van der Waals surface area contributed by atoms with Gasteiger partial charge in [-0.1, -0.05) is 23.2 Å². The zero-order valence-corrected chi connectivity index (χ0v) is 11.7. The summed E-state index contributed by atoms with van der Waals surface area (Å²) in [6.45, 7) is 0. The van der Waals surface area contributed by atoms with Crippen LogP contribution < -0.4 is 5.73 Å². The van der Waals surface area contributed by atoms with Crippen molar-refractivity contribution in [1.29, 1.82) is 0 Å². The average Bonchev–Trinajstić information content (AvgIpc) is 2.08. The third kappa shape index (κ3) is 1.77. The van der Waals surface area contributed by atoms with Crippen LogP contribution in [-0.4, -0.2) is 0 Å². The van der Waals surface area contributed by atoms with Gasteiger partial charge in [-0.2, -0.15) is 0 Å². The minimum absolute atomic E-state index is 0.473. The summed E-state index contributed by atoms with van der Waals surface area (Å²) in [6, 6.07) is 0. The molecule has 2 N–H and O–H groups in total. The summed E-state index contributed by atoms with van der Waals surface area (Å²) in [6.07, 6.45) is 0. The topological polar surface area (TPSA) is 26.0 Å². The number of anilines is 1. The first kappa shape index (κ1) is 11.1. The Morgan fingerprint density at radius 3 is 1.50 bits per heavy atom. The van der Waals surface area contributed by atoms with E-state index in [-0.39, 0.29) is 0 Å². The van der Waals surface area contributed by atoms with E-state index in [2.05, 4.69) is 47.8 Å². The molecule has 0 heterocycles. The van der Waals surface area contributed by atoms with Gasteiger partial charge in [-0.3, -0.25) is 0 Å². The number of hydrogen-bond acceptors (Lipinski definition) is 1. The molecule has 0 unspecified atom stereocenters. The molecule has 1 nitrogen and oxygen atoms in total. The van der Waals surface area contributed by atoms with Crippen molar-refractivity contribution in [2.75, 3.05) is 5.73 Å². The molecule has 0 radical (unpaired) electrons. The SMILES string of the molecule is Nc1c(Br)c(Cl)c(Br)c(Cl)c1Br. The van der Waals surface area contributed by atoms with Gasteiger partial charge < -0.3 is 5.73 Å². The lowest BCUT2D eigenvalue weighted by Crippen LogP contribution is -1.91. The summed E-state index contributed by atoms with van der Waals surface area (Å²) in [5, 5.41) is 0.946. The summed E-state index contributed by atoms with van der Waals surface area (Å²) in [7, 11) is 0. The van der Waals surface area contributed by atoms with Crippen molar-refractivity contribution in [3.8, 4) is 0 Å². The number of nitrogen functional groups attached to an aromatic ring is 1. The smallest absolute Gasteiger partial charge is 0.0726 e. The minimum Gasteiger partial charge on any atom is -0.397 e. The minimum atomic E-state index is 0.473. The molecule has 0 spiro atoms. The highest BCUT2D eigenvalue weighted by atomic mass is 79.9. The second-order valence-electron chi connectivity index (χ2n) is 1.98. The molecule has 6 heteroatoms. The van der Waals surface area contributed by atoms with Crippen molar-refractivity contribution in [3.05, 3.63) is 23.5 Å². The van der Waals surface area contributed by atoms with Gasteiger partial charge in [-0.15, -0.1) is 0 Å². The molecule has 12 heavy (non-hydrogen) atoms. The van der Waals surface area contributed by atoms with Crippen molar-refractivity contribution >= 4 is 76.7 Å². The molecule has 0 atom stereocenters. The van der Waals surface area contributed by atoms with Crippen molar-refractivity contribution in [2.24, 2.45) is 0 Å². The molecule has 0 aliphatic carbocycles. The Hall–Kier alpha value is 1.04. The fraction of sp³-hybridized carbons (Fsp3) is 0. The number of halogens is 5. The highest BCUT2D eigenvalue weighted by molar-refractivity contribution is 9.12. The van der Waals surface area contributed by atoms with Crippen molar-refractivity contribution in [2.45, 2.75) is 0 Å². The molecule has 66 valence electrons. The lowest BCUT2D eigenvalue weighted by molar-refractivity contribution is 1.54. The maximum absolute atomic E-state index is 5.88. The molecule has 0 aliphatic heterocycles. The highest BCUT2D eigenvalue weighted by Gasteiger charge is 2.15. The van der Waals surface area contributed by atoms with Crippen LogP contribution in [0.3, 0.4) is 0 Å². The van der Waals surface area contributed by atoms with Crippen LogP contribution in [0.2, 0.25) is 10.0 Å². The van der Waals surface area contributed by atoms with Crippen LogP contribution in [0.5, 0.6) is 0 Å². The van der Waals surface area contributed by atoms with Crippen LogP contribution in [-0.2, 0) is 0 Å². The van der Waals surface area contributed by atoms with Gasteiger partial charge in [-0.05, 0) is 47.8 Å². The van der Waals surface area contributed by atoms with Crippen LogP contribution >= 0.6 is 71.0 Å². The lowest BCUT2D eigenvalue weighted by atomic mass is 10.3. The van der Waals surface area contributed by atoms with E-state index in [1.54, 1.807) is 0 Å². The summed E-state index contributed by atoms with van der Waals surface area (Å²) in [5.41, 5.74) is 6.16. The van der Waals surface area contributed by atoms with Gasteiger partial charge in [0.2, 0.25) is 0 Å². The Balaban J connectivity index is 3.60. The van der Waals surface area contributed by atoms with Crippen LogP contribution in [0, 0.1) is 0 Å². The van der Waals surface area contributed by atoms with Crippen molar-refractivity contribution < 1.29 is 0 Å². The molecular formula is C6H2Br3Cl2N. The first-order valence-corrected chi connectivity index (χ1v) is 5.87. The predicted octanol–water partition coefficient (Wildman–Crippen LogP) is 4.86. The Kier molecular flexibility index (Phi) is 3.75. The second-order valence-corrected chi connectivity index (χ2v) is 5.12. The van der Waals surface area contributed by atoms with E-state index in [0.29, 0.717) is 29.2 Å². The Morgan fingerprint density at radius 1 is 0.833 bits per heavy atom. The monoisotopic (exact) mass is 395 g/mol. The number of benzene rings is 1. The van der Waals surface area contributed by atoms with Crippen LogP contribution in [0.4, 0.5) is 5.69 Å². The predicted molar refractivity (Wildman–Crippen MR) is 64.0 cm³/mol. The number of hydrogen-bond donors (Lipinski definition) is 1. The molecule has 0 saturated carbocycles. The van der Waals surface area contributed by atoms with Gasteiger partial charge in [0.1, 0.15) is 0 Å². The molecule has 0 aliphatic rings. The summed E-state index contributed by atoms with van der Waals surface area (Å²) < 4.78 is 1.89. The number of rotatable bonds is 0. The molecule has 1 aromatic rings. The van der Waals surface area contributed by atoms with Crippen molar-refractivity contribution in [1.82, 2.24) is 0 Å². The molecule has 0 aromatic heterocycles. The molecule has 0 amide bonds. The third-order valence-corrected chi connectivity index (χ3v) is 5.35. The Labute approximate surface area is 105 Å². The Bertz CT molecular complexity index is 235. The van der Waals surface area contributed by atoms with Gasteiger partial charge in [0.25, 0.3) is 0 Å². The van der Waals surface area contributed by atoms with E-state index in [1.807, 2.05) is 0 Å². The van der Waals surface area contributed by atoms with E-state index < -0.39 is 0 Å². The average molecular weight is 399 g/mol. The van der Waals surface area contributed by atoms with Crippen LogP contribution in [0.15, 0.2) is 13.4 Å². The largest absolute Gasteiger partial charge is 0.397 e. The maximum atomic E-state index is 5.88. The standard InChI is InChI=1S/C6H2Br3Cl2N/c7-1-4(10)2(8)6(12)3(9)5(1)11/h12H2. The van der Waals surface area contributed by atoms with E-state index in [0.717, 1.165) is 0 Å². The molecule has 0 fully saturated rings. The zero-order chi connectivity index (χ0) is 9.46. The van der Waals surface area contributed by atoms with Gasteiger partial charge in [0.15, 0.2) is 0 Å².